The molecule has 0 bridgehead atoms. The van der Waals surface area contributed by atoms with Crippen LogP contribution in [0.15, 0.2) is 103 Å². The smallest absolute Gasteiger partial charge is 0.507 e. The van der Waals surface area contributed by atoms with Crippen molar-refractivity contribution >= 4 is 0 Å². The SMILES string of the molecule is CC(C)(C)c1cc(-c2cccc(-c3[c-]c(C(F)(F)F)ccc3F)n2)c(O)c(C(C)(C)C)c1.[CH2-]c1ccccc1.[CH2-]c1ccccc1.[Zr+3]. The predicted molar refractivity (Wildman–Crippen MR) is 180 cm³/mol. The van der Waals surface area contributed by atoms with E-state index in [1.807, 2.05) is 114 Å². The summed E-state index contributed by atoms with van der Waals surface area (Å²) in [5.74, 6) is -0.811. The molecular weight excluding hydrogens is 678 g/mol. The van der Waals surface area contributed by atoms with E-state index in [0.717, 1.165) is 28.3 Å². The molecule has 0 fully saturated rings. The molecule has 1 radical (unpaired) electrons. The fourth-order valence-corrected chi connectivity index (χ4v) is 4.34. The fourth-order valence-electron chi connectivity index (χ4n) is 4.34. The Hall–Kier alpha value is -3.83. The molecule has 4 aromatic carbocycles. The number of aromatic nitrogens is 1. The first-order chi connectivity index (χ1) is 21.4. The van der Waals surface area contributed by atoms with Crippen LogP contribution in [0.2, 0.25) is 0 Å². The average Bonchev–Trinajstić information content (AvgIpc) is 2.97. The quantitative estimate of drug-likeness (QED) is 0.146. The number of alkyl halides is 3. The van der Waals surface area contributed by atoms with E-state index in [4.69, 9.17) is 0 Å². The van der Waals surface area contributed by atoms with Crippen LogP contribution in [0.3, 0.4) is 0 Å². The van der Waals surface area contributed by atoms with Crippen LogP contribution in [-0.4, -0.2) is 10.1 Å². The number of aromatic hydroxyl groups is 1. The molecule has 5 rings (SSSR count). The molecule has 7 heteroatoms. The summed E-state index contributed by atoms with van der Waals surface area (Å²) in [6.45, 7) is 19.5. The average molecular weight is 718 g/mol. The van der Waals surface area contributed by atoms with Crippen molar-refractivity contribution in [1.29, 1.82) is 0 Å². The molecule has 5 aromatic rings. The summed E-state index contributed by atoms with van der Waals surface area (Å²) in [5.41, 5.74) is 2.59. The van der Waals surface area contributed by atoms with E-state index in [1.165, 1.54) is 6.07 Å². The molecule has 1 N–H and O–H groups in total. The molecule has 1 aromatic heterocycles. The molecule has 243 valence electrons. The second-order valence-electron chi connectivity index (χ2n) is 12.9. The van der Waals surface area contributed by atoms with E-state index in [9.17, 15) is 22.7 Å². The first-order valence-corrected chi connectivity index (χ1v) is 14.8. The van der Waals surface area contributed by atoms with Crippen molar-refractivity contribution in [3.05, 3.63) is 157 Å². The van der Waals surface area contributed by atoms with Crippen LogP contribution in [0.1, 0.15) is 69.4 Å². The van der Waals surface area contributed by atoms with E-state index in [0.29, 0.717) is 17.3 Å². The van der Waals surface area contributed by atoms with Crippen molar-refractivity contribution in [2.45, 2.75) is 58.5 Å². The van der Waals surface area contributed by atoms with Gasteiger partial charge in [0.2, 0.25) is 0 Å². The van der Waals surface area contributed by atoms with Crippen molar-refractivity contribution in [2.24, 2.45) is 0 Å². The minimum atomic E-state index is -4.65. The van der Waals surface area contributed by atoms with Gasteiger partial charge in [0.15, 0.2) is 0 Å². The van der Waals surface area contributed by atoms with Gasteiger partial charge in [-0.3, -0.25) is 9.37 Å². The molecule has 0 aliphatic carbocycles. The van der Waals surface area contributed by atoms with Gasteiger partial charge in [-0.25, -0.2) is 0 Å². The summed E-state index contributed by atoms with van der Waals surface area (Å²) in [4.78, 5) is 4.41. The summed E-state index contributed by atoms with van der Waals surface area (Å²) in [6.07, 6.45) is -4.65. The molecule has 0 amide bonds. The number of phenolic OH excluding ortho intramolecular Hbond substituents is 1. The molecular formula is C40H40F4NOZr. The van der Waals surface area contributed by atoms with Gasteiger partial charge in [0, 0.05) is 16.9 Å². The minimum Gasteiger partial charge on any atom is -0.507 e. The molecule has 0 spiro atoms. The van der Waals surface area contributed by atoms with Gasteiger partial charge in [-0.1, -0.05) is 77.4 Å². The van der Waals surface area contributed by atoms with E-state index in [-0.39, 0.29) is 54.0 Å². The van der Waals surface area contributed by atoms with Crippen molar-refractivity contribution in [1.82, 2.24) is 4.98 Å². The molecule has 0 atom stereocenters. The van der Waals surface area contributed by atoms with E-state index >= 15 is 0 Å². The number of benzene rings is 4. The fraction of sp³-hybridized carbons (Fsp3) is 0.225. The molecule has 0 saturated carbocycles. The Morgan fingerprint density at radius 3 is 1.60 bits per heavy atom. The van der Waals surface area contributed by atoms with Crippen molar-refractivity contribution < 1.29 is 48.9 Å². The van der Waals surface area contributed by atoms with Crippen LogP contribution in [0, 0.1) is 25.7 Å². The topological polar surface area (TPSA) is 33.1 Å². The zero-order valence-electron chi connectivity index (χ0n) is 27.6. The first kappa shape index (κ1) is 39.4. The maximum Gasteiger partial charge on any atom is 3.00 e. The molecule has 2 nitrogen and oxygen atoms in total. The number of hydrogen-bond acceptors (Lipinski definition) is 2. The number of pyridine rings is 1. The number of phenols is 1. The summed E-state index contributed by atoms with van der Waals surface area (Å²) in [6, 6.07) is 31.7. The largest absolute Gasteiger partial charge is 3.00 e. The maximum absolute atomic E-state index is 14.4. The van der Waals surface area contributed by atoms with Gasteiger partial charge in [-0.15, -0.1) is 42.5 Å². The number of nitrogens with zero attached hydrogens (tertiary/aromatic N) is 1. The van der Waals surface area contributed by atoms with Crippen LogP contribution < -0.4 is 0 Å². The Bertz CT molecular complexity index is 1680. The Labute approximate surface area is 296 Å². The monoisotopic (exact) mass is 716 g/mol. The predicted octanol–water partition coefficient (Wildman–Crippen LogP) is 11.4. The molecule has 47 heavy (non-hydrogen) atoms. The third-order valence-corrected chi connectivity index (χ3v) is 6.95. The third-order valence-electron chi connectivity index (χ3n) is 6.95. The molecule has 0 unspecified atom stereocenters. The number of rotatable bonds is 2. The second-order valence-corrected chi connectivity index (χ2v) is 12.9. The summed E-state index contributed by atoms with van der Waals surface area (Å²) in [5, 5.41) is 11.1. The Kier molecular flexibility index (Phi) is 13.7. The van der Waals surface area contributed by atoms with Crippen LogP contribution in [-0.2, 0) is 43.2 Å². The van der Waals surface area contributed by atoms with Crippen LogP contribution >= 0.6 is 0 Å². The van der Waals surface area contributed by atoms with Gasteiger partial charge in [-0.05, 0) is 39.8 Å². The van der Waals surface area contributed by atoms with Crippen molar-refractivity contribution in [3.63, 3.8) is 0 Å². The normalized spacial score (nSPS) is 11.3. The van der Waals surface area contributed by atoms with Gasteiger partial charge >= 0.3 is 32.4 Å². The van der Waals surface area contributed by atoms with E-state index < -0.39 is 17.6 Å². The summed E-state index contributed by atoms with van der Waals surface area (Å²) >= 11 is 0. The van der Waals surface area contributed by atoms with Crippen LogP contribution in [0.4, 0.5) is 17.6 Å². The molecule has 0 aliphatic heterocycles. The first-order valence-electron chi connectivity index (χ1n) is 14.8. The van der Waals surface area contributed by atoms with Gasteiger partial charge in [0.1, 0.15) is 5.75 Å². The third kappa shape index (κ3) is 11.4. The zero-order chi connectivity index (χ0) is 34.3. The number of halogens is 4. The van der Waals surface area contributed by atoms with Gasteiger partial charge in [-0.2, -0.15) is 62.4 Å². The second kappa shape index (κ2) is 16.3. The van der Waals surface area contributed by atoms with Gasteiger partial charge in [0.25, 0.3) is 0 Å². The van der Waals surface area contributed by atoms with E-state index in [1.54, 1.807) is 12.1 Å². The van der Waals surface area contributed by atoms with Crippen LogP contribution in [0.25, 0.3) is 22.5 Å². The van der Waals surface area contributed by atoms with Crippen molar-refractivity contribution in [2.75, 3.05) is 0 Å². The van der Waals surface area contributed by atoms with Crippen molar-refractivity contribution in [3.8, 4) is 28.3 Å². The van der Waals surface area contributed by atoms with E-state index in [2.05, 4.69) is 24.9 Å². The minimum absolute atomic E-state index is 0. The Balaban J connectivity index is 0.000000419. The van der Waals surface area contributed by atoms with Gasteiger partial charge in [0.05, 0.1) is 5.69 Å². The number of hydrogen-bond donors (Lipinski definition) is 1. The standard InChI is InChI=1S/C26H26F4NO.2C7H7.Zr/c1-24(2,3)16-13-18(23(32)19(14-16)25(4,5)6)22-9-7-8-21(31-22)17-12-15(26(28,29)30)10-11-20(17)27;2*1-7-5-3-2-4-6-7;/h7-11,13-14,32H,1-6H3;2*2-6H,1H2;/q3*-1;+3. The van der Waals surface area contributed by atoms with Crippen LogP contribution in [0.5, 0.6) is 5.75 Å². The summed E-state index contributed by atoms with van der Waals surface area (Å²) in [7, 11) is 0. The van der Waals surface area contributed by atoms with Gasteiger partial charge < -0.3 is 5.11 Å². The Morgan fingerprint density at radius 2 is 1.17 bits per heavy atom. The maximum atomic E-state index is 14.4. The molecule has 0 aliphatic rings. The molecule has 0 saturated heterocycles. The Morgan fingerprint density at radius 1 is 0.660 bits per heavy atom. The summed E-state index contributed by atoms with van der Waals surface area (Å²) < 4.78 is 53.8. The zero-order valence-corrected chi connectivity index (χ0v) is 30.1. The molecule has 1 heterocycles.